The topological polar surface area (TPSA) is 8.81 Å². The van der Waals surface area contributed by atoms with Crippen molar-refractivity contribution in [2.45, 2.75) is 19.0 Å². The molecule has 0 N–H and O–H groups in total. The van der Waals surface area contributed by atoms with Crippen LogP contribution >= 0.6 is 0 Å². The number of aromatic nitrogens is 2. The van der Waals surface area contributed by atoms with Crippen molar-refractivity contribution >= 4 is 0 Å². The predicted molar refractivity (Wildman–Crippen MR) is 105 cm³/mol. The Bertz CT molecular complexity index is 888. The van der Waals surface area contributed by atoms with Crippen molar-refractivity contribution in [3.05, 3.63) is 126 Å². The first kappa shape index (κ1) is 16.3. The third-order valence-corrected chi connectivity index (χ3v) is 4.75. The van der Waals surface area contributed by atoms with Gasteiger partial charge in [0.1, 0.15) is 25.5 Å². The number of nitrogens with zero attached hydrogens (tertiary/aromatic N) is 2. The molecule has 0 aliphatic rings. The van der Waals surface area contributed by atoms with E-state index in [4.69, 9.17) is 0 Å². The molecule has 0 radical (unpaired) electrons. The summed E-state index contributed by atoms with van der Waals surface area (Å²) in [5, 5.41) is 0. The molecule has 2 heteroatoms. The number of rotatable bonds is 6. The Morgan fingerprint density at radius 3 is 1.81 bits per heavy atom. The Kier molecular flexibility index (Phi) is 4.92. The fourth-order valence-corrected chi connectivity index (χ4v) is 3.42. The largest absolute Gasteiger partial charge is 0.244 e. The van der Waals surface area contributed by atoms with Crippen LogP contribution in [0.5, 0.6) is 0 Å². The van der Waals surface area contributed by atoms with E-state index in [-0.39, 0.29) is 0 Å². The fraction of sp³-hybridized carbons (Fsp3) is 0.125. The molecular formula is C24H23N2+. The van der Waals surface area contributed by atoms with Crippen LogP contribution in [0.25, 0.3) is 0 Å². The summed E-state index contributed by atoms with van der Waals surface area (Å²) >= 11 is 0. The van der Waals surface area contributed by atoms with Crippen molar-refractivity contribution in [2.75, 3.05) is 0 Å². The van der Waals surface area contributed by atoms with Gasteiger partial charge in [-0.3, -0.25) is 0 Å². The number of imidazole rings is 1. The predicted octanol–water partition coefficient (Wildman–Crippen LogP) is 4.66. The van der Waals surface area contributed by atoms with Gasteiger partial charge in [0.05, 0.1) is 0 Å². The smallest absolute Gasteiger partial charge is 0.236 e. The zero-order chi connectivity index (χ0) is 17.6. The highest BCUT2D eigenvalue weighted by atomic mass is 15.1. The van der Waals surface area contributed by atoms with Gasteiger partial charge in [0.2, 0.25) is 6.33 Å². The van der Waals surface area contributed by atoms with E-state index in [1.807, 2.05) is 0 Å². The molecule has 3 aromatic carbocycles. The van der Waals surface area contributed by atoms with Crippen molar-refractivity contribution in [3.63, 3.8) is 0 Å². The van der Waals surface area contributed by atoms with E-state index in [2.05, 4.69) is 119 Å². The monoisotopic (exact) mass is 339 g/mol. The van der Waals surface area contributed by atoms with E-state index in [1.54, 1.807) is 0 Å². The molecule has 128 valence electrons. The Labute approximate surface area is 155 Å². The van der Waals surface area contributed by atoms with Gasteiger partial charge < -0.3 is 0 Å². The lowest BCUT2D eigenvalue weighted by Crippen LogP contribution is -2.31. The molecule has 0 unspecified atom stereocenters. The first-order chi connectivity index (χ1) is 12.9. The van der Waals surface area contributed by atoms with Gasteiger partial charge in [0, 0.05) is 5.92 Å². The zero-order valence-electron chi connectivity index (χ0n) is 14.8. The van der Waals surface area contributed by atoms with Gasteiger partial charge in [-0.1, -0.05) is 91.0 Å². The maximum Gasteiger partial charge on any atom is 0.244 e. The highest BCUT2D eigenvalue weighted by molar-refractivity contribution is 5.32. The molecule has 0 spiro atoms. The Morgan fingerprint density at radius 2 is 1.23 bits per heavy atom. The lowest BCUT2D eigenvalue weighted by Gasteiger charge is -2.16. The molecule has 4 rings (SSSR count). The Morgan fingerprint density at radius 1 is 0.692 bits per heavy atom. The molecule has 0 saturated heterocycles. The molecule has 0 bridgehead atoms. The van der Waals surface area contributed by atoms with Crippen molar-refractivity contribution in [3.8, 4) is 0 Å². The highest BCUT2D eigenvalue weighted by Crippen LogP contribution is 2.26. The van der Waals surface area contributed by atoms with Crippen molar-refractivity contribution in [2.24, 2.45) is 0 Å². The molecule has 0 aliphatic heterocycles. The summed E-state index contributed by atoms with van der Waals surface area (Å²) in [6.07, 6.45) is 6.52. The SMILES string of the molecule is c1ccc(C[n+]2ccn(CC(c3ccccc3)c3ccccc3)c2)cc1. The van der Waals surface area contributed by atoms with E-state index in [1.165, 1.54) is 16.7 Å². The third kappa shape index (κ3) is 3.92. The van der Waals surface area contributed by atoms with Crippen LogP contribution in [0.2, 0.25) is 0 Å². The van der Waals surface area contributed by atoms with E-state index in [0.717, 1.165) is 13.1 Å². The van der Waals surface area contributed by atoms with E-state index in [9.17, 15) is 0 Å². The van der Waals surface area contributed by atoms with Crippen molar-refractivity contribution in [1.82, 2.24) is 4.57 Å². The molecule has 0 atom stereocenters. The first-order valence-corrected chi connectivity index (χ1v) is 9.07. The maximum atomic E-state index is 2.29. The van der Waals surface area contributed by atoms with Crippen LogP contribution in [0.1, 0.15) is 22.6 Å². The number of hydrogen-bond acceptors (Lipinski definition) is 0. The zero-order valence-corrected chi connectivity index (χ0v) is 14.8. The normalized spacial score (nSPS) is 11.0. The van der Waals surface area contributed by atoms with Crippen LogP contribution < -0.4 is 4.57 Å². The second-order valence-corrected chi connectivity index (χ2v) is 6.64. The molecule has 1 aromatic heterocycles. The molecule has 0 amide bonds. The molecule has 0 saturated carbocycles. The van der Waals surface area contributed by atoms with Crippen LogP contribution in [0.15, 0.2) is 110 Å². The lowest BCUT2D eigenvalue weighted by atomic mass is 9.91. The first-order valence-electron chi connectivity index (χ1n) is 9.07. The molecular weight excluding hydrogens is 316 g/mol. The summed E-state index contributed by atoms with van der Waals surface area (Å²) in [5.74, 6) is 0.343. The Hall–Kier alpha value is -3.13. The van der Waals surface area contributed by atoms with Gasteiger partial charge in [-0.2, -0.15) is 0 Å². The molecule has 2 nitrogen and oxygen atoms in total. The van der Waals surface area contributed by atoms with Gasteiger partial charge in [0.25, 0.3) is 0 Å². The van der Waals surface area contributed by atoms with Gasteiger partial charge in [-0.25, -0.2) is 9.13 Å². The average Bonchev–Trinajstić information content (AvgIpc) is 3.15. The fourth-order valence-electron chi connectivity index (χ4n) is 3.42. The summed E-state index contributed by atoms with van der Waals surface area (Å²) in [7, 11) is 0. The van der Waals surface area contributed by atoms with Crippen LogP contribution in [0.4, 0.5) is 0 Å². The van der Waals surface area contributed by atoms with Crippen molar-refractivity contribution < 1.29 is 4.57 Å². The minimum atomic E-state index is 0.343. The van der Waals surface area contributed by atoms with E-state index < -0.39 is 0 Å². The minimum Gasteiger partial charge on any atom is -0.236 e. The standard InChI is InChI=1S/C24H23N2/c1-4-10-21(11-5-1)18-25-16-17-26(20-25)19-24(22-12-6-2-7-13-22)23-14-8-3-9-15-23/h1-17,20,24H,18-19H2/q+1. The number of hydrogen-bond donors (Lipinski definition) is 0. The Balaban J connectivity index is 1.57. The minimum absolute atomic E-state index is 0.343. The number of benzene rings is 3. The highest BCUT2D eigenvalue weighted by Gasteiger charge is 2.17. The van der Waals surface area contributed by atoms with Crippen molar-refractivity contribution in [1.29, 1.82) is 0 Å². The summed E-state index contributed by atoms with van der Waals surface area (Å²) in [4.78, 5) is 0. The molecule has 1 heterocycles. The van der Waals surface area contributed by atoms with Crippen LogP contribution in [0, 0.1) is 0 Å². The summed E-state index contributed by atoms with van der Waals surface area (Å²) in [6, 6.07) is 32.1. The molecule has 4 aromatic rings. The lowest BCUT2D eigenvalue weighted by molar-refractivity contribution is -0.687. The summed E-state index contributed by atoms with van der Waals surface area (Å²) in [6.45, 7) is 1.82. The van der Waals surface area contributed by atoms with Gasteiger partial charge in [-0.15, -0.1) is 0 Å². The van der Waals surface area contributed by atoms with E-state index in [0.29, 0.717) is 5.92 Å². The second kappa shape index (κ2) is 7.83. The molecule has 26 heavy (non-hydrogen) atoms. The second-order valence-electron chi connectivity index (χ2n) is 6.64. The van der Waals surface area contributed by atoms with Gasteiger partial charge in [-0.05, 0) is 16.7 Å². The molecule has 0 fully saturated rings. The van der Waals surface area contributed by atoms with Gasteiger partial charge >= 0.3 is 0 Å². The average molecular weight is 339 g/mol. The van der Waals surface area contributed by atoms with Crippen LogP contribution in [0.3, 0.4) is 0 Å². The maximum absolute atomic E-state index is 2.29. The van der Waals surface area contributed by atoms with Crippen LogP contribution in [-0.2, 0) is 13.1 Å². The van der Waals surface area contributed by atoms with Crippen LogP contribution in [-0.4, -0.2) is 4.57 Å². The van der Waals surface area contributed by atoms with Gasteiger partial charge in [0.15, 0.2) is 0 Å². The molecule has 0 aliphatic carbocycles. The third-order valence-electron chi connectivity index (χ3n) is 4.75. The summed E-state index contributed by atoms with van der Waals surface area (Å²) in [5.41, 5.74) is 4.02. The van der Waals surface area contributed by atoms with E-state index >= 15 is 0 Å². The summed E-state index contributed by atoms with van der Waals surface area (Å²) < 4.78 is 4.52. The quantitative estimate of drug-likeness (QED) is 0.452.